The standard InChI is InChI=1S/C20H21ClN4O2/c1-2-10-27-20-15(7-5-9-22-20)11-23-19(26)17-12-24-25(14-17)13-16-6-3-4-8-18(16)21/h3-9,12,14H,2,10-11,13H2,1H3,(H,23,26). The molecule has 3 rings (SSSR count). The van der Waals surface area contributed by atoms with Crippen molar-refractivity contribution < 1.29 is 9.53 Å². The first-order valence-corrected chi connectivity index (χ1v) is 9.16. The van der Waals surface area contributed by atoms with Crippen LogP contribution in [0.4, 0.5) is 0 Å². The van der Waals surface area contributed by atoms with Crippen molar-refractivity contribution in [2.45, 2.75) is 26.4 Å². The van der Waals surface area contributed by atoms with Crippen molar-refractivity contribution in [3.63, 3.8) is 0 Å². The molecule has 1 amide bonds. The minimum absolute atomic E-state index is 0.203. The fourth-order valence-corrected chi connectivity index (χ4v) is 2.73. The predicted octanol–water partition coefficient (Wildman–Crippen LogP) is 3.70. The Morgan fingerprint density at radius 3 is 2.85 bits per heavy atom. The monoisotopic (exact) mass is 384 g/mol. The minimum atomic E-state index is -0.203. The van der Waals surface area contributed by atoms with Gasteiger partial charge in [-0.15, -0.1) is 0 Å². The maximum atomic E-state index is 12.4. The Balaban J connectivity index is 1.61. The highest BCUT2D eigenvalue weighted by atomic mass is 35.5. The van der Waals surface area contributed by atoms with Crippen molar-refractivity contribution >= 4 is 17.5 Å². The molecule has 1 N–H and O–H groups in total. The second-order valence-corrected chi connectivity index (χ2v) is 6.42. The number of halogens is 1. The van der Waals surface area contributed by atoms with E-state index in [1.54, 1.807) is 23.3 Å². The van der Waals surface area contributed by atoms with E-state index in [9.17, 15) is 4.79 Å². The summed E-state index contributed by atoms with van der Waals surface area (Å²) in [6, 6.07) is 11.3. The number of carbonyl (C=O) groups is 1. The van der Waals surface area contributed by atoms with Crippen molar-refractivity contribution in [3.8, 4) is 5.88 Å². The first-order chi connectivity index (χ1) is 13.2. The van der Waals surface area contributed by atoms with E-state index in [1.807, 2.05) is 43.3 Å². The fourth-order valence-electron chi connectivity index (χ4n) is 2.53. The van der Waals surface area contributed by atoms with Crippen LogP contribution in [-0.4, -0.2) is 27.3 Å². The molecule has 3 aromatic rings. The molecule has 0 aliphatic heterocycles. The van der Waals surface area contributed by atoms with Crippen LogP contribution >= 0.6 is 11.6 Å². The van der Waals surface area contributed by atoms with Crippen molar-refractivity contribution in [1.82, 2.24) is 20.1 Å². The Hall–Kier alpha value is -2.86. The number of pyridine rings is 1. The van der Waals surface area contributed by atoms with E-state index in [-0.39, 0.29) is 5.91 Å². The van der Waals surface area contributed by atoms with Gasteiger partial charge in [-0.05, 0) is 24.1 Å². The first kappa shape index (κ1) is 18.9. The second kappa shape index (κ2) is 9.19. The van der Waals surface area contributed by atoms with Crippen LogP contribution in [0.5, 0.6) is 5.88 Å². The van der Waals surface area contributed by atoms with Gasteiger partial charge in [0, 0.05) is 29.5 Å². The number of carbonyl (C=O) groups excluding carboxylic acids is 1. The predicted molar refractivity (Wildman–Crippen MR) is 104 cm³/mol. The molecule has 1 aromatic carbocycles. The Morgan fingerprint density at radius 1 is 1.22 bits per heavy atom. The van der Waals surface area contributed by atoms with Gasteiger partial charge in [0.05, 0.1) is 24.9 Å². The smallest absolute Gasteiger partial charge is 0.254 e. The number of aromatic nitrogens is 3. The summed E-state index contributed by atoms with van der Waals surface area (Å²) in [5.74, 6) is 0.347. The van der Waals surface area contributed by atoms with Gasteiger partial charge in [-0.1, -0.05) is 42.8 Å². The maximum absolute atomic E-state index is 12.4. The lowest BCUT2D eigenvalue weighted by Crippen LogP contribution is -2.23. The summed E-state index contributed by atoms with van der Waals surface area (Å²) in [4.78, 5) is 16.6. The fraction of sp³-hybridized carbons (Fsp3) is 0.250. The maximum Gasteiger partial charge on any atom is 0.254 e. The van der Waals surface area contributed by atoms with Gasteiger partial charge in [-0.2, -0.15) is 5.10 Å². The summed E-state index contributed by atoms with van der Waals surface area (Å²) in [6.45, 7) is 3.46. The quantitative estimate of drug-likeness (QED) is 0.643. The van der Waals surface area contributed by atoms with Gasteiger partial charge in [-0.25, -0.2) is 4.98 Å². The summed E-state index contributed by atoms with van der Waals surface area (Å²) in [7, 11) is 0. The number of hydrogen-bond donors (Lipinski definition) is 1. The molecule has 6 nitrogen and oxygen atoms in total. The Labute approximate surface area is 163 Å². The highest BCUT2D eigenvalue weighted by molar-refractivity contribution is 6.31. The molecular formula is C20H21ClN4O2. The van der Waals surface area contributed by atoms with E-state index in [1.165, 1.54) is 0 Å². The van der Waals surface area contributed by atoms with Crippen LogP contribution in [0, 0.1) is 0 Å². The SMILES string of the molecule is CCCOc1ncccc1CNC(=O)c1cnn(Cc2ccccc2Cl)c1. The average Bonchev–Trinajstić information content (AvgIpc) is 3.15. The first-order valence-electron chi connectivity index (χ1n) is 8.78. The number of rotatable bonds is 8. The third kappa shape index (κ3) is 5.08. The summed E-state index contributed by atoms with van der Waals surface area (Å²) in [6.07, 6.45) is 5.82. The lowest BCUT2D eigenvalue weighted by molar-refractivity contribution is 0.0950. The van der Waals surface area contributed by atoms with E-state index < -0.39 is 0 Å². The molecule has 0 aliphatic carbocycles. The van der Waals surface area contributed by atoms with E-state index >= 15 is 0 Å². The van der Waals surface area contributed by atoms with Crippen LogP contribution in [0.1, 0.15) is 34.8 Å². The van der Waals surface area contributed by atoms with Crippen molar-refractivity contribution in [1.29, 1.82) is 0 Å². The molecule has 0 spiro atoms. The number of benzene rings is 1. The molecule has 0 bridgehead atoms. The molecule has 0 saturated carbocycles. The molecule has 0 atom stereocenters. The third-order valence-electron chi connectivity index (χ3n) is 3.92. The van der Waals surface area contributed by atoms with E-state index in [4.69, 9.17) is 16.3 Å². The zero-order valence-corrected chi connectivity index (χ0v) is 15.8. The molecule has 0 saturated heterocycles. The minimum Gasteiger partial charge on any atom is -0.477 e. The van der Waals surface area contributed by atoms with Crippen LogP contribution in [0.25, 0.3) is 0 Å². The largest absolute Gasteiger partial charge is 0.477 e. The van der Waals surface area contributed by atoms with Gasteiger partial charge >= 0.3 is 0 Å². The number of amides is 1. The molecule has 2 heterocycles. The normalized spacial score (nSPS) is 10.6. The molecule has 0 unspecified atom stereocenters. The van der Waals surface area contributed by atoms with Crippen LogP contribution in [0.15, 0.2) is 55.0 Å². The van der Waals surface area contributed by atoms with Crippen LogP contribution in [0.2, 0.25) is 5.02 Å². The number of hydrogen-bond acceptors (Lipinski definition) is 4. The summed E-state index contributed by atoms with van der Waals surface area (Å²) >= 11 is 6.17. The van der Waals surface area contributed by atoms with Gasteiger partial charge in [0.15, 0.2) is 0 Å². The topological polar surface area (TPSA) is 69.0 Å². The molecule has 7 heteroatoms. The Kier molecular flexibility index (Phi) is 6.44. The van der Waals surface area contributed by atoms with Gasteiger partial charge < -0.3 is 10.1 Å². The lowest BCUT2D eigenvalue weighted by Gasteiger charge is -2.10. The second-order valence-electron chi connectivity index (χ2n) is 6.02. The van der Waals surface area contributed by atoms with E-state index in [2.05, 4.69) is 15.4 Å². The van der Waals surface area contributed by atoms with Crippen LogP contribution < -0.4 is 10.1 Å². The molecule has 0 radical (unpaired) electrons. The molecule has 0 aliphatic rings. The van der Waals surface area contributed by atoms with Crippen molar-refractivity contribution in [2.24, 2.45) is 0 Å². The summed E-state index contributed by atoms with van der Waals surface area (Å²) in [5, 5.41) is 7.81. The molecule has 27 heavy (non-hydrogen) atoms. The summed E-state index contributed by atoms with van der Waals surface area (Å²) in [5.41, 5.74) is 2.27. The van der Waals surface area contributed by atoms with E-state index in [0.717, 1.165) is 17.5 Å². The third-order valence-corrected chi connectivity index (χ3v) is 4.29. The van der Waals surface area contributed by atoms with Crippen LogP contribution in [0.3, 0.4) is 0 Å². The average molecular weight is 385 g/mol. The highest BCUT2D eigenvalue weighted by Gasteiger charge is 2.11. The van der Waals surface area contributed by atoms with Crippen LogP contribution in [-0.2, 0) is 13.1 Å². The zero-order valence-electron chi connectivity index (χ0n) is 15.1. The van der Waals surface area contributed by atoms with Gasteiger partial charge in [0.1, 0.15) is 0 Å². The van der Waals surface area contributed by atoms with Crippen molar-refractivity contribution in [3.05, 3.63) is 76.7 Å². The lowest BCUT2D eigenvalue weighted by atomic mass is 10.2. The van der Waals surface area contributed by atoms with E-state index in [0.29, 0.717) is 36.2 Å². The molecule has 140 valence electrons. The zero-order chi connectivity index (χ0) is 19.1. The Bertz CT molecular complexity index is 910. The van der Waals surface area contributed by atoms with Gasteiger partial charge in [0.2, 0.25) is 5.88 Å². The number of ether oxygens (including phenoxy) is 1. The molecule has 2 aromatic heterocycles. The number of nitrogens with one attached hydrogen (secondary N) is 1. The number of nitrogens with zero attached hydrogens (tertiary/aromatic N) is 3. The summed E-state index contributed by atoms with van der Waals surface area (Å²) < 4.78 is 7.31. The molecule has 0 fully saturated rings. The molecular weight excluding hydrogens is 364 g/mol. The Morgan fingerprint density at radius 2 is 2.04 bits per heavy atom. The van der Waals surface area contributed by atoms with Gasteiger partial charge in [0.25, 0.3) is 5.91 Å². The van der Waals surface area contributed by atoms with Crippen molar-refractivity contribution in [2.75, 3.05) is 6.61 Å². The van der Waals surface area contributed by atoms with Gasteiger partial charge in [-0.3, -0.25) is 9.48 Å². The highest BCUT2D eigenvalue weighted by Crippen LogP contribution is 2.17.